The van der Waals surface area contributed by atoms with E-state index in [0.717, 1.165) is 25.3 Å². The Morgan fingerprint density at radius 2 is 2.22 bits per heavy atom. The molecule has 102 valence electrons. The predicted molar refractivity (Wildman–Crippen MR) is 78.2 cm³/mol. The maximum Gasteiger partial charge on any atom is 0.0459 e. The van der Waals surface area contributed by atoms with Gasteiger partial charge in [0.05, 0.1) is 0 Å². The zero-order chi connectivity index (χ0) is 12.8. The number of aliphatic hydroxyl groups excluding tert-OH is 1. The summed E-state index contributed by atoms with van der Waals surface area (Å²) in [4.78, 5) is 2.57. The minimum atomic E-state index is 0.349. The molecule has 2 heterocycles. The highest BCUT2D eigenvalue weighted by Gasteiger charge is 2.21. The molecule has 1 fully saturated rings. The lowest BCUT2D eigenvalue weighted by Gasteiger charge is -2.32. The van der Waals surface area contributed by atoms with Crippen molar-refractivity contribution in [3.05, 3.63) is 22.4 Å². The van der Waals surface area contributed by atoms with Gasteiger partial charge < -0.3 is 10.0 Å². The first kappa shape index (κ1) is 14.0. The first-order valence-corrected chi connectivity index (χ1v) is 8.13. The lowest BCUT2D eigenvalue weighted by Crippen LogP contribution is -2.34. The number of thiophene rings is 1. The molecular formula is C15H25NOS. The summed E-state index contributed by atoms with van der Waals surface area (Å²) in [5.74, 6) is 1.28. The lowest BCUT2D eigenvalue weighted by atomic mass is 9.91. The van der Waals surface area contributed by atoms with Gasteiger partial charge in [-0.05, 0) is 73.1 Å². The average Bonchev–Trinajstić information content (AvgIpc) is 2.94. The Labute approximate surface area is 115 Å². The molecule has 3 heteroatoms. The molecule has 0 spiro atoms. The molecule has 1 N–H and O–H groups in total. The molecular weight excluding hydrogens is 242 g/mol. The van der Waals surface area contributed by atoms with Crippen LogP contribution in [0.25, 0.3) is 0 Å². The lowest BCUT2D eigenvalue weighted by molar-refractivity contribution is 0.167. The van der Waals surface area contributed by atoms with Crippen LogP contribution in [0.3, 0.4) is 0 Å². The van der Waals surface area contributed by atoms with Gasteiger partial charge in [0, 0.05) is 6.61 Å². The van der Waals surface area contributed by atoms with Crippen LogP contribution in [0, 0.1) is 5.92 Å². The molecule has 1 aromatic heterocycles. The van der Waals surface area contributed by atoms with E-state index < -0.39 is 0 Å². The molecule has 0 aromatic carbocycles. The van der Waals surface area contributed by atoms with E-state index >= 15 is 0 Å². The van der Waals surface area contributed by atoms with E-state index in [1.807, 2.05) is 11.3 Å². The number of rotatable bonds is 6. The number of aliphatic hydroxyl groups is 1. The van der Waals surface area contributed by atoms with E-state index in [-0.39, 0.29) is 0 Å². The molecule has 1 aliphatic heterocycles. The van der Waals surface area contributed by atoms with Crippen molar-refractivity contribution in [2.24, 2.45) is 5.92 Å². The van der Waals surface area contributed by atoms with Crippen LogP contribution in [-0.4, -0.2) is 36.2 Å². The summed E-state index contributed by atoms with van der Waals surface area (Å²) < 4.78 is 0. The molecule has 1 aliphatic rings. The van der Waals surface area contributed by atoms with Gasteiger partial charge in [-0.1, -0.05) is 13.3 Å². The number of nitrogens with zero attached hydrogens (tertiary/aromatic N) is 1. The van der Waals surface area contributed by atoms with E-state index in [4.69, 9.17) is 0 Å². The van der Waals surface area contributed by atoms with Gasteiger partial charge in [0.2, 0.25) is 0 Å². The highest BCUT2D eigenvalue weighted by Crippen LogP contribution is 2.29. The number of hydrogen-bond donors (Lipinski definition) is 1. The summed E-state index contributed by atoms with van der Waals surface area (Å²) in [6, 6.07) is 2.28. The van der Waals surface area contributed by atoms with Crippen LogP contribution in [0.15, 0.2) is 16.8 Å². The van der Waals surface area contributed by atoms with E-state index in [1.54, 1.807) is 5.56 Å². The number of hydrogen-bond acceptors (Lipinski definition) is 3. The molecule has 1 aromatic rings. The molecule has 1 atom stereocenters. The molecule has 0 aliphatic carbocycles. The van der Waals surface area contributed by atoms with E-state index in [0.29, 0.717) is 12.5 Å². The predicted octanol–water partition coefficient (Wildman–Crippen LogP) is 3.34. The summed E-state index contributed by atoms with van der Waals surface area (Å²) in [7, 11) is 0. The van der Waals surface area contributed by atoms with E-state index in [2.05, 4.69) is 28.7 Å². The maximum absolute atomic E-state index is 9.21. The number of piperidine rings is 1. The van der Waals surface area contributed by atoms with Gasteiger partial charge in [0.25, 0.3) is 0 Å². The van der Waals surface area contributed by atoms with E-state index in [9.17, 15) is 5.11 Å². The Bertz CT molecular complexity index is 313. The normalized spacial score (nSPS) is 20.1. The van der Waals surface area contributed by atoms with E-state index in [1.165, 1.54) is 25.9 Å². The minimum Gasteiger partial charge on any atom is -0.396 e. The van der Waals surface area contributed by atoms with Crippen molar-refractivity contribution in [2.75, 3.05) is 26.2 Å². The van der Waals surface area contributed by atoms with Gasteiger partial charge in [-0.25, -0.2) is 0 Å². The molecule has 2 nitrogen and oxygen atoms in total. The summed E-state index contributed by atoms with van der Waals surface area (Å²) in [6.45, 7) is 6.13. The van der Waals surface area contributed by atoms with Crippen LogP contribution in [-0.2, 0) is 0 Å². The maximum atomic E-state index is 9.21. The van der Waals surface area contributed by atoms with Crippen molar-refractivity contribution in [3.8, 4) is 0 Å². The quantitative estimate of drug-likeness (QED) is 0.854. The van der Waals surface area contributed by atoms with Gasteiger partial charge in [0.1, 0.15) is 0 Å². The summed E-state index contributed by atoms with van der Waals surface area (Å²) in [5.41, 5.74) is 1.54. The van der Waals surface area contributed by atoms with Crippen LogP contribution in [0.2, 0.25) is 0 Å². The Balaban J connectivity index is 1.70. The van der Waals surface area contributed by atoms with Gasteiger partial charge in [-0.2, -0.15) is 11.3 Å². The second kappa shape index (κ2) is 7.27. The van der Waals surface area contributed by atoms with Crippen molar-refractivity contribution in [3.63, 3.8) is 0 Å². The first-order chi connectivity index (χ1) is 8.83. The zero-order valence-corrected chi connectivity index (χ0v) is 12.2. The highest BCUT2D eigenvalue weighted by molar-refractivity contribution is 7.07. The van der Waals surface area contributed by atoms with Crippen LogP contribution < -0.4 is 0 Å². The summed E-state index contributed by atoms with van der Waals surface area (Å²) in [6.07, 6.45) is 4.84. The summed E-state index contributed by atoms with van der Waals surface area (Å²) in [5, 5.41) is 13.7. The Morgan fingerprint density at radius 1 is 1.44 bits per heavy atom. The molecule has 0 radical (unpaired) electrons. The van der Waals surface area contributed by atoms with Gasteiger partial charge >= 0.3 is 0 Å². The van der Waals surface area contributed by atoms with Gasteiger partial charge in [0.15, 0.2) is 0 Å². The fraction of sp³-hybridized carbons (Fsp3) is 0.733. The third kappa shape index (κ3) is 3.81. The third-order valence-electron chi connectivity index (χ3n) is 4.29. The molecule has 1 unspecified atom stereocenters. The van der Waals surface area contributed by atoms with Gasteiger partial charge in [-0.15, -0.1) is 0 Å². The fourth-order valence-corrected chi connectivity index (χ4v) is 3.53. The van der Waals surface area contributed by atoms with Gasteiger partial charge in [-0.3, -0.25) is 0 Å². The molecule has 18 heavy (non-hydrogen) atoms. The Kier molecular flexibility index (Phi) is 5.67. The fourth-order valence-electron chi connectivity index (χ4n) is 2.79. The Morgan fingerprint density at radius 3 is 2.78 bits per heavy atom. The molecule has 2 rings (SSSR count). The van der Waals surface area contributed by atoms with Crippen LogP contribution in [0.1, 0.15) is 44.1 Å². The van der Waals surface area contributed by atoms with Crippen molar-refractivity contribution in [1.82, 2.24) is 4.90 Å². The molecule has 0 saturated carbocycles. The third-order valence-corrected chi connectivity index (χ3v) is 4.99. The van der Waals surface area contributed by atoms with Crippen LogP contribution in [0.4, 0.5) is 0 Å². The standard InChI is InChI=1S/C15H25NOS/c1-2-13(11-17)3-7-16-8-4-14(5-9-16)15-6-10-18-12-15/h6,10,12-14,17H,2-5,7-9,11H2,1H3. The van der Waals surface area contributed by atoms with Crippen molar-refractivity contribution >= 4 is 11.3 Å². The summed E-state index contributed by atoms with van der Waals surface area (Å²) >= 11 is 1.81. The van der Waals surface area contributed by atoms with Crippen molar-refractivity contribution in [1.29, 1.82) is 0 Å². The minimum absolute atomic E-state index is 0.349. The second-order valence-electron chi connectivity index (χ2n) is 5.42. The second-order valence-corrected chi connectivity index (χ2v) is 6.20. The topological polar surface area (TPSA) is 23.5 Å². The number of likely N-dealkylation sites (tertiary alicyclic amines) is 1. The van der Waals surface area contributed by atoms with Crippen molar-refractivity contribution in [2.45, 2.75) is 38.5 Å². The molecule has 1 saturated heterocycles. The van der Waals surface area contributed by atoms with Crippen molar-refractivity contribution < 1.29 is 5.11 Å². The zero-order valence-electron chi connectivity index (χ0n) is 11.3. The first-order valence-electron chi connectivity index (χ1n) is 7.18. The Hall–Kier alpha value is -0.380. The SMILES string of the molecule is CCC(CO)CCN1CCC(c2ccsc2)CC1. The largest absolute Gasteiger partial charge is 0.396 e. The highest BCUT2D eigenvalue weighted by atomic mass is 32.1. The smallest absolute Gasteiger partial charge is 0.0459 e. The average molecular weight is 267 g/mol. The molecule has 0 bridgehead atoms. The van der Waals surface area contributed by atoms with Crippen LogP contribution in [0.5, 0.6) is 0 Å². The molecule has 0 amide bonds. The monoisotopic (exact) mass is 267 g/mol. The van der Waals surface area contributed by atoms with Crippen LogP contribution >= 0.6 is 11.3 Å².